The molecule has 196 valence electrons. The summed E-state index contributed by atoms with van der Waals surface area (Å²) in [6, 6.07) is 14.1. The number of fused-ring (bicyclic) bond motifs is 1. The third kappa shape index (κ3) is 7.81. The Morgan fingerprint density at radius 1 is 1.21 bits per heavy atom. The van der Waals surface area contributed by atoms with Gasteiger partial charge in [-0.05, 0) is 105 Å². The third-order valence-electron chi connectivity index (χ3n) is 8.01. The number of nitrogens with zero attached hydrogens (tertiary/aromatic N) is 3. The number of hydrogen-bond donors (Lipinski definition) is 2. The third-order valence-corrected chi connectivity index (χ3v) is 8.01. The first-order chi connectivity index (χ1) is 17.8. The van der Waals surface area contributed by atoms with Crippen LogP contribution in [0.2, 0.25) is 0 Å². The number of carbonyl (C=O) groups is 1. The van der Waals surface area contributed by atoms with Gasteiger partial charge in [-0.2, -0.15) is 6.54 Å². The van der Waals surface area contributed by atoms with Gasteiger partial charge in [-0.25, -0.2) is 0 Å². The topological polar surface area (TPSA) is 56.7 Å². The molecular weight excluding hydrogens is 497 g/mol. The van der Waals surface area contributed by atoms with Crippen LogP contribution in [0.5, 0.6) is 0 Å². The van der Waals surface area contributed by atoms with E-state index in [1.807, 2.05) is 36.4 Å². The molecule has 0 aromatic heterocycles. The van der Waals surface area contributed by atoms with Crippen molar-refractivity contribution in [2.24, 2.45) is 16.8 Å². The Hall–Kier alpha value is -1.45. The van der Waals surface area contributed by atoms with Crippen LogP contribution < -0.4 is 62.0 Å². The van der Waals surface area contributed by atoms with E-state index in [0.29, 0.717) is 5.56 Å². The Kier molecular flexibility index (Phi) is 9.95. The summed E-state index contributed by atoms with van der Waals surface area (Å²) in [6.45, 7) is 10.6. The molecule has 0 radical (unpaired) electrons. The minimum absolute atomic E-state index is 0. The molecule has 2 N–H and O–H groups in total. The zero-order valence-corrected chi connectivity index (χ0v) is 26.8. The average molecular weight is 538 g/mol. The molecule has 2 aliphatic heterocycles. The second kappa shape index (κ2) is 12.8. The molecule has 6 nitrogen and oxygen atoms in total. The Labute approximate surface area is 271 Å². The van der Waals surface area contributed by atoms with E-state index in [1.54, 1.807) is 6.20 Å². The molecule has 1 amide bonds. The molecule has 0 spiro atoms. The van der Waals surface area contributed by atoms with E-state index >= 15 is 0 Å². The van der Waals surface area contributed by atoms with Crippen LogP contribution in [0.15, 0.2) is 53.7 Å². The van der Waals surface area contributed by atoms with Gasteiger partial charge in [-0.3, -0.25) is 9.69 Å². The minimum atomic E-state index is -0.0809. The van der Waals surface area contributed by atoms with Crippen LogP contribution in [-0.2, 0) is 6.54 Å². The van der Waals surface area contributed by atoms with Crippen LogP contribution in [0, 0.1) is 31.5 Å². The molecule has 3 fully saturated rings. The Morgan fingerprint density at radius 3 is 2.63 bits per heavy atom. The maximum Gasteiger partial charge on any atom is 1.00 e. The summed E-state index contributed by atoms with van der Waals surface area (Å²) in [6.07, 6.45) is 8.90. The predicted molar refractivity (Wildman–Crippen MR) is 150 cm³/mol. The fraction of sp³-hybridized carbons (Fsp3) is 0.452. The number of rotatable bonds is 8. The van der Waals surface area contributed by atoms with Gasteiger partial charge < -0.3 is 26.3 Å². The standard InChI is InChI=1S/C31H40N5O.K/c1-22-16-27(8-9-28(22)19-35-14-10-25-17-26(25)11-15-35)31(37)34-29-7-5-6-24(18-29)23(2)32-12-13-33-30-20-36(3,4)21-30;/h5-9,13,16,18,20,23,25-26,32H,10-11,14-15,17,19,21H2,1-4H3,(H,34,37);/q-1;+1. The maximum atomic E-state index is 13.0. The summed E-state index contributed by atoms with van der Waals surface area (Å²) in [5, 5.41) is 6.31. The number of likely N-dealkylation sites (tertiary alicyclic amines) is 2. The van der Waals surface area contributed by atoms with Crippen LogP contribution in [0.3, 0.4) is 0 Å². The molecule has 2 aromatic carbocycles. The molecular formula is C31H40KN5O. The first-order valence-corrected chi connectivity index (χ1v) is 13.6. The number of aryl methyl sites for hydroxylation is 1. The van der Waals surface area contributed by atoms with Crippen molar-refractivity contribution in [1.82, 2.24) is 10.2 Å². The van der Waals surface area contributed by atoms with Crippen molar-refractivity contribution in [3.63, 3.8) is 0 Å². The predicted octanol–water partition coefficient (Wildman–Crippen LogP) is 2.10. The number of amides is 1. The fourth-order valence-corrected chi connectivity index (χ4v) is 5.56. The largest absolute Gasteiger partial charge is 1.00 e. The van der Waals surface area contributed by atoms with Crippen molar-refractivity contribution in [3.8, 4) is 0 Å². The Balaban J connectivity index is 0.00000336. The summed E-state index contributed by atoms with van der Waals surface area (Å²) < 4.78 is 0.873. The first kappa shape index (κ1) is 29.5. The van der Waals surface area contributed by atoms with E-state index in [4.69, 9.17) is 0 Å². The van der Waals surface area contributed by atoms with Gasteiger partial charge in [0.25, 0.3) is 5.91 Å². The smallest absolute Gasteiger partial charge is 0.560 e. The molecule has 3 aliphatic rings. The molecule has 1 saturated carbocycles. The SMILES string of the molecule is Cc1cc(C(=O)Nc2cccc(C(C)N[C-]=CN=C3[CH-][N+](C)(C)C3)c2)ccc1CN1CCC2CC2CC1.[K+]. The maximum absolute atomic E-state index is 13.0. The zero-order chi connectivity index (χ0) is 26.0. The van der Waals surface area contributed by atoms with Crippen LogP contribution in [0.1, 0.15) is 59.3 Å². The van der Waals surface area contributed by atoms with Crippen LogP contribution in [0.4, 0.5) is 5.69 Å². The van der Waals surface area contributed by atoms with Gasteiger partial charge >= 0.3 is 51.4 Å². The zero-order valence-electron chi connectivity index (χ0n) is 23.6. The van der Waals surface area contributed by atoms with E-state index < -0.39 is 0 Å². The fourth-order valence-electron chi connectivity index (χ4n) is 5.56. The van der Waals surface area contributed by atoms with Gasteiger partial charge in [0.05, 0.1) is 6.54 Å². The molecule has 38 heavy (non-hydrogen) atoms. The van der Waals surface area contributed by atoms with Gasteiger partial charge in [0.1, 0.15) is 0 Å². The Bertz CT molecular complexity index is 1180. The molecule has 1 aliphatic carbocycles. The quantitative estimate of drug-likeness (QED) is 0.235. The summed E-state index contributed by atoms with van der Waals surface area (Å²) in [5.74, 6) is 1.89. The van der Waals surface area contributed by atoms with Gasteiger partial charge in [-0.1, -0.05) is 18.2 Å². The van der Waals surface area contributed by atoms with Gasteiger partial charge in [-0.15, -0.1) is 6.20 Å². The number of nitrogens with one attached hydrogen (secondary N) is 2. The molecule has 3 unspecified atom stereocenters. The van der Waals surface area contributed by atoms with Crippen LogP contribution in [-0.4, -0.2) is 54.7 Å². The van der Waals surface area contributed by atoms with E-state index in [9.17, 15) is 4.79 Å². The van der Waals surface area contributed by atoms with Crippen molar-refractivity contribution < 1.29 is 60.7 Å². The van der Waals surface area contributed by atoms with Crippen LogP contribution >= 0.6 is 0 Å². The summed E-state index contributed by atoms with van der Waals surface area (Å²) in [7, 11) is 4.29. The van der Waals surface area contributed by atoms with E-state index in [-0.39, 0.29) is 63.3 Å². The van der Waals surface area contributed by atoms with Gasteiger partial charge in [0.15, 0.2) is 0 Å². The van der Waals surface area contributed by atoms with Gasteiger partial charge in [0.2, 0.25) is 0 Å². The molecule has 2 saturated heterocycles. The monoisotopic (exact) mass is 537 g/mol. The molecule has 0 bridgehead atoms. The van der Waals surface area contributed by atoms with Crippen molar-refractivity contribution in [2.45, 2.75) is 45.7 Å². The van der Waals surface area contributed by atoms with Crippen molar-refractivity contribution in [2.75, 3.05) is 39.0 Å². The molecule has 3 atom stereocenters. The summed E-state index contributed by atoms with van der Waals surface area (Å²) >= 11 is 0. The summed E-state index contributed by atoms with van der Waals surface area (Å²) in [4.78, 5) is 20.0. The van der Waals surface area contributed by atoms with Crippen molar-refractivity contribution >= 4 is 17.3 Å². The second-order valence-corrected chi connectivity index (χ2v) is 11.7. The normalized spacial score (nSPS) is 23.8. The first-order valence-electron chi connectivity index (χ1n) is 13.6. The molecule has 2 aromatic rings. The number of carbonyl (C=O) groups excluding carboxylic acids is 1. The summed E-state index contributed by atoms with van der Waals surface area (Å²) in [5.41, 5.74) is 6.14. The number of quaternary nitrogens is 1. The number of hydrogen-bond acceptors (Lipinski definition) is 4. The van der Waals surface area contributed by atoms with Crippen molar-refractivity contribution in [1.29, 1.82) is 0 Å². The molecule has 2 heterocycles. The molecule has 5 rings (SSSR count). The average Bonchev–Trinajstić information content (AvgIpc) is 3.63. The van der Waals surface area contributed by atoms with E-state index in [0.717, 1.165) is 46.4 Å². The number of aliphatic imine (C=N–C) groups is 1. The number of anilines is 1. The van der Waals surface area contributed by atoms with E-state index in [1.165, 1.54) is 43.5 Å². The minimum Gasteiger partial charge on any atom is -0.560 e. The van der Waals surface area contributed by atoms with Gasteiger partial charge in [0, 0.05) is 37.9 Å². The number of benzene rings is 2. The van der Waals surface area contributed by atoms with Crippen molar-refractivity contribution in [3.05, 3.63) is 83.7 Å². The molecule has 7 heteroatoms. The Morgan fingerprint density at radius 2 is 1.95 bits per heavy atom. The van der Waals surface area contributed by atoms with E-state index in [2.05, 4.69) is 67.3 Å². The second-order valence-electron chi connectivity index (χ2n) is 11.7. The van der Waals surface area contributed by atoms with Crippen LogP contribution in [0.25, 0.3) is 0 Å².